The third-order valence-electron chi connectivity index (χ3n) is 3.32. The Hall–Kier alpha value is -2.75. The summed E-state index contributed by atoms with van der Waals surface area (Å²) in [5.74, 6) is 0.375. The highest BCUT2D eigenvalue weighted by Gasteiger charge is 2.17. The van der Waals surface area contributed by atoms with E-state index in [1.807, 2.05) is 14.0 Å². The molecule has 3 rings (SSSR count). The molecule has 0 aliphatic rings. The zero-order valence-corrected chi connectivity index (χ0v) is 14.6. The summed E-state index contributed by atoms with van der Waals surface area (Å²) in [7, 11) is 5.42. The molecule has 126 valence electrons. The van der Waals surface area contributed by atoms with Gasteiger partial charge in [-0.3, -0.25) is 4.68 Å². The van der Waals surface area contributed by atoms with Gasteiger partial charge >= 0.3 is 5.97 Å². The highest BCUT2D eigenvalue weighted by Crippen LogP contribution is 2.28. The lowest BCUT2D eigenvalue weighted by Crippen LogP contribution is -2.17. The van der Waals surface area contributed by atoms with Gasteiger partial charge in [0.1, 0.15) is 9.71 Å². The van der Waals surface area contributed by atoms with Gasteiger partial charge in [-0.25, -0.2) is 4.79 Å². The third kappa shape index (κ3) is 3.00. The van der Waals surface area contributed by atoms with Crippen molar-refractivity contribution in [1.29, 1.82) is 0 Å². The molecule has 3 aromatic heterocycles. The van der Waals surface area contributed by atoms with Crippen molar-refractivity contribution in [3.63, 3.8) is 0 Å². The number of esters is 1. The molecule has 0 aromatic carbocycles. The van der Waals surface area contributed by atoms with Gasteiger partial charge in [-0.2, -0.15) is 20.1 Å². The molecule has 2 N–H and O–H groups in total. The van der Waals surface area contributed by atoms with Crippen molar-refractivity contribution in [2.75, 3.05) is 24.7 Å². The largest absolute Gasteiger partial charge is 0.453 e. The molecule has 3 heterocycles. The lowest BCUT2D eigenvalue weighted by atomic mass is 10.3. The maximum Gasteiger partial charge on any atom is 0.348 e. The number of hydrogen-bond donors (Lipinski definition) is 1. The summed E-state index contributed by atoms with van der Waals surface area (Å²) in [5, 5.41) is 5.26. The Morgan fingerprint density at radius 1 is 1.38 bits per heavy atom. The van der Waals surface area contributed by atoms with Gasteiger partial charge in [-0.15, -0.1) is 11.3 Å². The van der Waals surface area contributed by atoms with Crippen LogP contribution in [0.15, 0.2) is 6.07 Å². The lowest BCUT2D eigenvalue weighted by Gasteiger charge is -2.11. The van der Waals surface area contributed by atoms with Crippen LogP contribution in [0.3, 0.4) is 0 Å². The van der Waals surface area contributed by atoms with Crippen LogP contribution in [0.25, 0.3) is 10.2 Å². The monoisotopic (exact) mass is 347 g/mol. The smallest absolute Gasteiger partial charge is 0.348 e. The maximum absolute atomic E-state index is 12.3. The molecule has 0 saturated heterocycles. The average molecular weight is 347 g/mol. The Kier molecular flexibility index (Phi) is 4.06. The number of rotatable bonds is 4. The molecule has 9 nitrogen and oxygen atoms in total. The molecule has 0 aliphatic heterocycles. The lowest BCUT2D eigenvalue weighted by molar-refractivity contribution is 0.0468. The number of nitrogens with zero attached hydrogens (tertiary/aromatic N) is 6. The number of thiophene rings is 1. The molecular weight excluding hydrogens is 330 g/mol. The van der Waals surface area contributed by atoms with Crippen molar-refractivity contribution in [1.82, 2.24) is 24.7 Å². The number of aromatic nitrogens is 5. The third-order valence-corrected chi connectivity index (χ3v) is 4.50. The Labute approximate surface area is 142 Å². The van der Waals surface area contributed by atoms with Crippen molar-refractivity contribution in [2.24, 2.45) is 7.05 Å². The fraction of sp³-hybridized carbons (Fsp3) is 0.357. The first-order valence-electron chi connectivity index (χ1n) is 7.13. The number of carbonyl (C=O) groups excluding carboxylic acids is 1. The Bertz CT molecular complexity index is 881. The predicted molar refractivity (Wildman–Crippen MR) is 91.0 cm³/mol. The molecule has 3 aromatic rings. The summed E-state index contributed by atoms with van der Waals surface area (Å²) >= 11 is 1.34. The van der Waals surface area contributed by atoms with Gasteiger partial charge in [0.05, 0.1) is 5.69 Å². The molecule has 0 fully saturated rings. The zero-order valence-electron chi connectivity index (χ0n) is 13.8. The van der Waals surface area contributed by atoms with E-state index in [2.05, 4.69) is 20.1 Å². The van der Waals surface area contributed by atoms with E-state index >= 15 is 0 Å². The first-order valence-corrected chi connectivity index (χ1v) is 7.95. The van der Waals surface area contributed by atoms with Crippen molar-refractivity contribution in [3.8, 4) is 0 Å². The van der Waals surface area contributed by atoms with Gasteiger partial charge in [-0.1, -0.05) is 0 Å². The van der Waals surface area contributed by atoms with Gasteiger partial charge in [-0.05, 0) is 13.0 Å². The second-order valence-electron chi connectivity index (χ2n) is 5.42. The van der Waals surface area contributed by atoms with E-state index in [4.69, 9.17) is 10.5 Å². The number of hydrogen-bond acceptors (Lipinski definition) is 9. The van der Waals surface area contributed by atoms with Crippen LogP contribution in [0.2, 0.25) is 0 Å². The number of carbonyl (C=O) groups is 1. The van der Waals surface area contributed by atoms with E-state index < -0.39 is 5.97 Å². The first kappa shape index (κ1) is 16.1. The molecule has 0 bridgehead atoms. The predicted octanol–water partition coefficient (Wildman–Crippen LogP) is 1.13. The second kappa shape index (κ2) is 6.04. The first-order chi connectivity index (χ1) is 11.3. The summed E-state index contributed by atoms with van der Waals surface area (Å²) in [4.78, 5) is 27.6. The molecule has 0 unspecified atom stereocenters. The highest BCUT2D eigenvalue weighted by molar-refractivity contribution is 7.20. The van der Waals surface area contributed by atoms with Crippen LogP contribution < -0.4 is 10.6 Å². The number of fused-ring (bicyclic) bond motifs is 1. The minimum absolute atomic E-state index is 0.0716. The molecule has 0 saturated carbocycles. The van der Waals surface area contributed by atoms with Gasteiger partial charge in [0.15, 0.2) is 12.4 Å². The van der Waals surface area contributed by atoms with Gasteiger partial charge in [0.2, 0.25) is 11.9 Å². The van der Waals surface area contributed by atoms with Crippen molar-refractivity contribution >= 4 is 39.4 Å². The van der Waals surface area contributed by atoms with E-state index in [0.717, 1.165) is 15.9 Å². The summed E-state index contributed by atoms with van der Waals surface area (Å²) in [6, 6.07) is 1.79. The molecule has 0 radical (unpaired) electrons. The topological polar surface area (TPSA) is 112 Å². The molecule has 0 spiro atoms. The van der Waals surface area contributed by atoms with Crippen LogP contribution in [0.4, 0.5) is 11.9 Å². The van der Waals surface area contributed by atoms with Gasteiger partial charge in [0, 0.05) is 26.5 Å². The Morgan fingerprint density at radius 2 is 2.12 bits per heavy atom. The summed E-state index contributed by atoms with van der Waals surface area (Å²) in [6.07, 6.45) is 0. The van der Waals surface area contributed by atoms with Gasteiger partial charge < -0.3 is 15.4 Å². The fourth-order valence-corrected chi connectivity index (χ4v) is 3.21. The highest BCUT2D eigenvalue weighted by atomic mass is 32.1. The van der Waals surface area contributed by atoms with Crippen LogP contribution in [-0.4, -0.2) is 44.8 Å². The van der Waals surface area contributed by atoms with Crippen molar-refractivity contribution < 1.29 is 9.53 Å². The Balaban J connectivity index is 1.76. The number of aryl methyl sites for hydroxylation is 2. The number of ether oxygens (including phenoxy) is 1. The normalized spacial score (nSPS) is 11.0. The number of nitrogen functional groups attached to an aromatic ring is 1. The molecule has 0 amide bonds. The summed E-state index contributed by atoms with van der Waals surface area (Å²) < 4.78 is 7.05. The van der Waals surface area contributed by atoms with E-state index in [9.17, 15) is 4.79 Å². The van der Waals surface area contributed by atoms with Crippen LogP contribution in [-0.2, 0) is 18.4 Å². The number of nitrogens with two attached hydrogens (primary N) is 1. The van der Waals surface area contributed by atoms with E-state index in [0.29, 0.717) is 16.6 Å². The molecule has 24 heavy (non-hydrogen) atoms. The molecule has 10 heteroatoms. The maximum atomic E-state index is 12.3. The second-order valence-corrected chi connectivity index (χ2v) is 6.45. The van der Waals surface area contributed by atoms with Crippen molar-refractivity contribution in [2.45, 2.75) is 13.5 Å². The van der Waals surface area contributed by atoms with Crippen molar-refractivity contribution in [3.05, 3.63) is 22.5 Å². The summed E-state index contributed by atoms with van der Waals surface area (Å²) in [5.41, 5.74) is 6.53. The van der Waals surface area contributed by atoms with Crippen LogP contribution in [0.1, 0.15) is 21.2 Å². The van der Waals surface area contributed by atoms with Crippen LogP contribution in [0.5, 0.6) is 0 Å². The van der Waals surface area contributed by atoms with E-state index in [1.165, 1.54) is 11.3 Å². The average Bonchev–Trinajstić information content (AvgIpc) is 3.06. The molecular formula is C14H17N7O2S. The van der Waals surface area contributed by atoms with Crippen LogP contribution in [0, 0.1) is 6.92 Å². The molecule has 0 atom stereocenters. The minimum atomic E-state index is -0.430. The van der Waals surface area contributed by atoms with Crippen LogP contribution >= 0.6 is 11.3 Å². The number of anilines is 2. The fourth-order valence-electron chi connectivity index (χ4n) is 2.20. The zero-order chi connectivity index (χ0) is 17.4. The SMILES string of the molecule is Cc1nn(C)c2sc(C(=O)OCc3nc(N)nc(N(C)C)n3)cc12. The Morgan fingerprint density at radius 3 is 2.79 bits per heavy atom. The van der Waals surface area contributed by atoms with E-state index in [-0.39, 0.29) is 12.6 Å². The summed E-state index contributed by atoms with van der Waals surface area (Å²) in [6.45, 7) is 1.83. The standard InChI is InChI=1S/C14H17N7O2S/c1-7-8-5-9(24-11(8)21(4)19-7)12(22)23-6-10-16-13(15)18-14(17-10)20(2)3/h5H,6H2,1-4H3,(H2,15,16,17,18). The minimum Gasteiger partial charge on any atom is -0.453 e. The van der Waals surface area contributed by atoms with Gasteiger partial charge in [0.25, 0.3) is 0 Å². The quantitative estimate of drug-likeness (QED) is 0.699. The molecule has 0 aliphatic carbocycles. The van der Waals surface area contributed by atoms with E-state index in [1.54, 1.807) is 29.7 Å².